The summed E-state index contributed by atoms with van der Waals surface area (Å²) in [6.07, 6.45) is 3.28. The van der Waals surface area contributed by atoms with Crippen LogP contribution in [0.25, 0.3) is 6.08 Å². The van der Waals surface area contributed by atoms with Gasteiger partial charge in [-0.3, -0.25) is 4.79 Å². The minimum atomic E-state index is -3.89. The Balaban J connectivity index is 2.01. The molecule has 1 amide bonds. The number of fused-ring (bicyclic) bond motifs is 1. The van der Waals surface area contributed by atoms with Gasteiger partial charge in [0.05, 0.1) is 13.2 Å². The first kappa shape index (κ1) is 25.0. The first-order valence-electron chi connectivity index (χ1n) is 11.1. The van der Waals surface area contributed by atoms with Gasteiger partial charge in [-0.1, -0.05) is 43.3 Å². The van der Waals surface area contributed by atoms with Crippen LogP contribution < -0.4 is 4.74 Å². The number of nitrogens with zero attached hydrogens (tertiary/aromatic N) is 2. The number of carbonyl (C=O) groups excluding carboxylic acids is 1. The van der Waals surface area contributed by atoms with Crippen molar-refractivity contribution in [3.8, 4) is 5.75 Å². The normalized spacial score (nSPS) is 21.5. The van der Waals surface area contributed by atoms with Crippen molar-refractivity contribution in [2.75, 3.05) is 26.7 Å². The highest BCUT2D eigenvalue weighted by molar-refractivity contribution is 7.89. The topological polar surface area (TPSA) is 87.2 Å². The van der Waals surface area contributed by atoms with Crippen molar-refractivity contribution >= 4 is 22.0 Å². The highest BCUT2D eigenvalue weighted by Crippen LogP contribution is 2.34. The lowest BCUT2D eigenvalue weighted by Gasteiger charge is -2.37. The molecule has 0 radical (unpaired) electrons. The predicted octanol–water partition coefficient (Wildman–Crippen LogP) is 3.26. The monoisotopic (exact) mass is 472 g/mol. The summed E-state index contributed by atoms with van der Waals surface area (Å²) in [4.78, 5) is 14.6. The first-order valence-corrected chi connectivity index (χ1v) is 12.5. The number of aliphatic hydroxyl groups is 1. The van der Waals surface area contributed by atoms with Gasteiger partial charge in [-0.15, -0.1) is 0 Å². The summed E-state index contributed by atoms with van der Waals surface area (Å²) in [5.74, 6) is -0.124. The van der Waals surface area contributed by atoms with E-state index in [9.17, 15) is 18.3 Å². The Morgan fingerprint density at radius 2 is 1.97 bits per heavy atom. The molecule has 7 nitrogen and oxygen atoms in total. The minimum absolute atomic E-state index is 0.0602. The summed E-state index contributed by atoms with van der Waals surface area (Å²) >= 11 is 0. The molecule has 1 aliphatic rings. The van der Waals surface area contributed by atoms with E-state index < -0.39 is 22.2 Å². The average Bonchev–Trinajstić information content (AvgIpc) is 2.81. The van der Waals surface area contributed by atoms with Crippen LogP contribution in [0.5, 0.6) is 5.75 Å². The summed E-state index contributed by atoms with van der Waals surface area (Å²) in [6, 6.07) is 13.4. The lowest BCUT2D eigenvalue weighted by Crippen LogP contribution is -2.50. The maximum atomic E-state index is 13.5. The van der Waals surface area contributed by atoms with Crippen molar-refractivity contribution in [1.29, 1.82) is 0 Å². The third-order valence-electron chi connectivity index (χ3n) is 5.87. The van der Waals surface area contributed by atoms with Crippen LogP contribution in [-0.4, -0.2) is 67.5 Å². The number of hydrogen-bond donors (Lipinski definition) is 1. The van der Waals surface area contributed by atoms with E-state index in [0.717, 1.165) is 5.56 Å². The van der Waals surface area contributed by atoms with Crippen LogP contribution >= 0.6 is 0 Å². The Labute approximate surface area is 196 Å². The summed E-state index contributed by atoms with van der Waals surface area (Å²) in [5, 5.41) is 9.74. The summed E-state index contributed by atoms with van der Waals surface area (Å²) in [5.41, 5.74) is 1.39. The molecule has 0 saturated heterocycles. The van der Waals surface area contributed by atoms with Gasteiger partial charge in [-0.25, -0.2) is 8.42 Å². The molecule has 8 heteroatoms. The lowest BCUT2D eigenvalue weighted by molar-refractivity contribution is 0.0563. The first-order chi connectivity index (χ1) is 15.7. The molecule has 3 rings (SSSR count). The maximum absolute atomic E-state index is 13.5. The standard InChI is InChI=1S/C25H32N2O5S/c1-5-9-20-12-13-24-22(14-20)32-23(16-26(4)25(29)21-10-7-6-8-11-21)18(2)15-27(19(3)17-28)33(24,30)31/h5-14,18-19,23,28H,15-17H2,1-4H3/t18-,19+,23+/m1/s1. The molecule has 0 spiro atoms. The Bertz CT molecular complexity index is 1100. The molecule has 3 atom stereocenters. The molecular formula is C25H32N2O5S. The Hall–Kier alpha value is -2.68. The number of amides is 1. The van der Waals surface area contributed by atoms with E-state index >= 15 is 0 Å². The van der Waals surface area contributed by atoms with Crippen molar-refractivity contribution < 1.29 is 23.1 Å². The zero-order valence-corrected chi connectivity index (χ0v) is 20.3. The zero-order valence-electron chi connectivity index (χ0n) is 19.5. The highest BCUT2D eigenvalue weighted by Gasteiger charge is 2.38. The second-order valence-electron chi connectivity index (χ2n) is 8.50. The molecule has 0 aliphatic carbocycles. The molecule has 0 bridgehead atoms. The SMILES string of the molecule is CC=Cc1ccc2c(c1)O[C@@H](CN(C)C(=O)c1ccccc1)[C@H](C)CN([C@@H](C)CO)S2(=O)=O. The molecule has 2 aromatic carbocycles. The summed E-state index contributed by atoms with van der Waals surface area (Å²) in [6.45, 7) is 5.62. The van der Waals surface area contributed by atoms with Crippen LogP contribution in [0.1, 0.15) is 36.7 Å². The number of ether oxygens (including phenoxy) is 1. The minimum Gasteiger partial charge on any atom is -0.487 e. The largest absolute Gasteiger partial charge is 0.487 e. The number of rotatable bonds is 6. The predicted molar refractivity (Wildman–Crippen MR) is 129 cm³/mol. The van der Waals surface area contributed by atoms with Crippen LogP contribution in [0.15, 0.2) is 59.5 Å². The van der Waals surface area contributed by atoms with E-state index in [1.807, 2.05) is 44.2 Å². The Morgan fingerprint density at radius 3 is 2.61 bits per heavy atom. The maximum Gasteiger partial charge on any atom is 0.253 e. The van der Waals surface area contributed by atoms with Gasteiger partial charge >= 0.3 is 0 Å². The third kappa shape index (κ3) is 5.46. The van der Waals surface area contributed by atoms with Gasteiger partial charge in [0.25, 0.3) is 5.91 Å². The quantitative estimate of drug-likeness (QED) is 0.697. The molecule has 0 fully saturated rings. The fourth-order valence-electron chi connectivity index (χ4n) is 3.91. The van der Waals surface area contributed by atoms with Gasteiger partial charge < -0.3 is 14.7 Å². The molecular weight excluding hydrogens is 440 g/mol. The zero-order chi connectivity index (χ0) is 24.2. The van der Waals surface area contributed by atoms with Crippen molar-refractivity contribution in [1.82, 2.24) is 9.21 Å². The highest BCUT2D eigenvalue weighted by atomic mass is 32.2. The van der Waals surface area contributed by atoms with Crippen molar-refractivity contribution in [2.45, 2.75) is 37.8 Å². The molecule has 1 N–H and O–H groups in total. The van der Waals surface area contributed by atoms with E-state index in [4.69, 9.17) is 4.74 Å². The summed E-state index contributed by atoms with van der Waals surface area (Å²) < 4.78 is 34.6. The van der Waals surface area contributed by atoms with Crippen LogP contribution in [0.3, 0.4) is 0 Å². The fraction of sp³-hybridized carbons (Fsp3) is 0.400. The molecule has 178 valence electrons. The summed E-state index contributed by atoms with van der Waals surface area (Å²) in [7, 11) is -2.17. The second kappa shape index (κ2) is 10.5. The van der Waals surface area contributed by atoms with Crippen molar-refractivity contribution in [3.05, 3.63) is 65.7 Å². The van der Waals surface area contributed by atoms with E-state index in [-0.39, 0.29) is 42.2 Å². The van der Waals surface area contributed by atoms with Gasteiger partial charge in [0.1, 0.15) is 16.7 Å². The molecule has 1 aliphatic heterocycles. The van der Waals surface area contributed by atoms with Crippen molar-refractivity contribution in [3.63, 3.8) is 0 Å². The third-order valence-corrected chi connectivity index (χ3v) is 7.89. The van der Waals surface area contributed by atoms with E-state index in [0.29, 0.717) is 5.56 Å². The molecule has 2 aromatic rings. The smallest absolute Gasteiger partial charge is 0.253 e. The van der Waals surface area contributed by atoms with Crippen LogP contribution in [0.4, 0.5) is 0 Å². The molecule has 0 aromatic heterocycles. The molecule has 0 unspecified atom stereocenters. The molecule has 0 saturated carbocycles. The van der Waals surface area contributed by atoms with Crippen LogP contribution in [-0.2, 0) is 10.0 Å². The van der Waals surface area contributed by atoms with Gasteiger partial charge in [-0.05, 0) is 43.7 Å². The Kier molecular flexibility index (Phi) is 7.94. The number of hydrogen-bond acceptors (Lipinski definition) is 5. The molecule has 1 heterocycles. The second-order valence-corrected chi connectivity index (χ2v) is 10.4. The Morgan fingerprint density at radius 1 is 1.27 bits per heavy atom. The lowest BCUT2D eigenvalue weighted by atomic mass is 10.0. The van der Waals surface area contributed by atoms with Crippen LogP contribution in [0, 0.1) is 5.92 Å². The van der Waals surface area contributed by atoms with Gasteiger partial charge in [0.15, 0.2) is 0 Å². The molecule has 33 heavy (non-hydrogen) atoms. The van der Waals surface area contributed by atoms with E-state index in [1.165, 1.54) is 4.31 Å². The number of benzene rings is 2. The number of likely N-dealkylation sites (N-methyl/N-ethyl adjacent to an activating group) is 1. The number of allylic oxidation sites excluding steroid dienone is 1. The van der Waals surface area contributed by atoms with Gasteiger partial charge in [-0.2, -0.15) is 4.31 Å². The number of carbonyl (C=O) groups is 1. The van der Waals surface area contributed by atoms with Crippen molar-refractivity contribution in [2.24, 2.45) is 5.92 Å². The fourth-order valence-corrected chi connectivity index (χ4v) is 5.74. The average molecular weight is 473 g/mol. The van der Waals surface area contributed by atoms with Crippen LogP contribution in [0.2, 0.25) is 0 Å². The number of aliphatic hydroxyl groups excluding tert-OH is 1. The van der Waals surface area contributed by atoms with Gasteiger partial charge in [0.2, 0.25) is 10.0 Å². The number of sulfonamides is 1. The van der Waals surface area contributed by atoms with Gasteiger partial charge in [0, 0.05) is 31.1 Å². The van der Waals surface area contributed by atoms with E-state index in [1.54, 1.807) is 49.2 Å². The van der Waals surface area contributed by atoms with E-state index in [2.05, 4.69) is 0 Å².